The van der Waals surface area contributed by atoms with Crippen molar-refractivity contribution >= 4 is 30.1 Å². The van der Waals surface area contributed by atoms with E-state index < -0.39 is 41.2 Å². The molecule has 3 aromatic carbocycles. The molecule has 1 saturated heterocycles. The van der Waals surface area contributed by atoms with Gasteiger partial charge in [0.2, 0.25) is 0 Å². The lowest BCUT2D eigenvalue weighted by molar-refractivity contribution is -0.145. The SMILES string of the molecule is CC(C)(C)c1ccc(O[C@@H](Cc2ccc(OCCN[C@H]3C4CN(C(=O)Nc5cc(F)c(F)cc5F)C[C@@H]43)cc2)C(=O)O)cc1.Cl. The molecule has 0 bridgehead atoms. The number of piperidine rings is 1. The van der Waals surface area contributed by atoms with Gasteiger partial charge in [0.25, 0.3) is 0 Å². The molecular formula is C33H37ClF3N3O5. The summed E-state index contributed by atoms with van der Waals surface area (Å²) in [6.45, 7) is 8.29. The lowest BCUT2D eigenvalue weighted by Gasteiger charge is -2.21. The van der Waals surface area contributed by atoms with Crippen LogP contribution < -0.4 is 20.1 Å². The molecule has 0 spiro atoms. The number of benzene rings is 3. The zero-order valence-corrected chi connectivity index (χ0v) is 26.0. The highest BCUT2D eigenvalue weighted by Crippen LogP contribution is 2.45. The third kappa shape index (κ3) is 8.40. The summed E-state index contributed by atoms with van der Waals surface area (Å²) >= 11 is 0. The highest BCUT2D eigenvalue weighted by Gasteiger charge is 2.56. The van der Waals surface area contributed by atoms with Gasteiger partial charge in [0.15, 0.2) is 17.7 Å². The second-order valence-electron chi connectivity index (χ2n) is 12.3. The molecule has 5 rings (SSSR count). The molecule has 8 nitrogen and oxygen atoms in total. The minimum atomic E-state index is -1.31. The molecule has 1 aliphatic heterocycles. The number of carboxylic acid groups (broad SMARTS) is 1. The fourth-order valence-electron chi connectivity index (χ4n) is 5.52. The summed E-state index contributed by atoms with van der Waals surface area (Å²) in [6.07, 6.45) is -0.827. The lowest BCUT2D eigenvalue weighted by atomic mass is 9.87. The van der Waals surface area contributed by atoms with Gasteiger partial charge in [-0.1, -0.05) is 45.0 Å². The van der Waals surface area contributed by atoms with E-state index in [4.69, 9.17) is 9.47 Å². The van der Waals surface area contributed by atoms with Crippen LogP contribution in [0.2, 0.25) is 0 Å². The van der Waals surface area contributed by atoms with E-state index in [2.05, 4.69) is 31.4 Å². The third-order valence-corrected chi connectivity index (χ3v) is 8.10. The number of nitrogens with zero attached hydrogens (tertiary/aromatic N) is 1. The number of fused-ring (bicyclic) bond motifs is 1. The van der Waals surface area contributed by atoms with Crippen LogP contribution in [0.3, 0.4) is 0 Å². The first kappa shape index (κ1) is 33.9. The van der Waals surface area contributed by atoms with Crippen LogP contribution in [-0.2, 0) is 16.6 Å². The van der Waals surface area contributed by atoms with Crippen LogP contribution >= 0.6 is 12.4 Å². The number of ether oxygens (including phenoxy) is 2. The van der Waals surface area contributed by atoms with Gasteiger partial charge in [0, 0.05) is 44.2 Å². The lowest BCUT2D eigenvalue weighted by Crippen LogP contribution is -2.39. The number of urea groups is 1. The number of hydrogen-bond donors (Lipinski definition) is 3. The summed E-state index contributed by atoms with van der Waals surface area (Å²) in [5.74, 6) is -2.94. The number of hydrogen-bond acceptors (Lipinski definition) is 5. The van der Waals surface area contributed by atoms with Crippen LogP contribution in [0.4, 0.5) is 23.7 Å². The summed E-state index contributed by atoms with van der Waals surface area (Å²) in [6, 6.07) is 15.4. The molecule has 242 valence electrons. The van der Waals surface area contributed by atoms with E-state index in [0.29, 0.717) is 49.9 Å². The van der Waals surface area contributed by atoms with Crippen molar-refractivity contribution in [2.45, 2.75) is 44.8 Å². The van der Waals surface area contributed by atoms with Gasteiger partial charge in [-0.25, -0.2) is 22.8 Å². The van der Waals surface area contributed by atoms with Gasteiger partial charge < -0.3 is 30.1 Å². The van der Waals surface area contributed by atoms with Crippen LogP contribution in [0.25, 0.3) is 0 Å². The molecule has 2 amide bonds. The second kappa shape index (κ2) is 14.0. The van der Waals surface area contributed by atoms with E-state index in [1.807, 2.05) is 24.3 Å². The smallest absolute Gasteiger partial charge is 0.345 e. The van der Waals surface area contributed by atoms with Crippen molar-refractivity contribution in [1.29, 1.82) is 0 Å². The molecule has 12 heteroatoms. The summed E-state index contributed by atoms with van der Waals surface area (Å²) in [5.41, 5.74) is 1.54. The van der Waals surface area contributed by atoms with E-state index >= 15 is 0 Å². The summed E-state index contributed by atoms with van der Waals surface area (Å²) in [4.78, 5) is 25.8. The predicted octanol–water partition coefficient (Wildman–Crippen LogP) is 6.03. The standard InChI is InChI=1S/C33H36F3N3O5.ClH/c1-33(2,3)20-6-10-22(11-7-20)44-29(31(40)41)14-19-4-8-21(9-5-19)43-13-12-37-30-23-17-39(18-24(23)30)32(42)38-28-16-26(35)25(34)15-27(28)36;/h4-11,15-16,23-24,29-30,37H,12-14,17-18H2,1-3H3,(H,38,42)(H,40,41);1H/t23-,24?,29-,30+;/m0./s1. The molecule has 4 atom stereocenters. The van der Waals surface area contributed by atoms with Crippen molar-refractivity contribution in [3.05, 3.63) is 89.2 Å². The van der Waals surface area contributed by atoms with Crippen LogP contribution in [0.15, 0.2) is 60.7 Å². The first-order valence-corrected chi connectivity index (χ1v) is 14.5. The minimum Gasteiger partial charge on any atom is -0.492 e. The Bertz CT molecular complexity index is 1490. The van der Waals surface area contributed by atoms with Crippen LogP contribution in [0, 0.1) is 29.3 Å². The number of carbonyl (C=O) groups excluding carboxylic acids is 1. The fraction of sp³-hybridized carbons (Fsp3) is 0.394. The summed E-state index contributed by atoms with van der Waals surface area (Å²) < 4.78 is 52.0. The van der Waals surface area contributed by atoms with Gasteiger partial charge in [-0.3, -0.25) is 0 Å². The molecule has 1 saturated carbocycles. The maximum absolute atomic E-state index is 13.8. The maximum Gasteiger partial charge on any atom is 0.345 e. The van der Waals surface area contributed by atoms with Crippen molar-refractivity contribution in [3.63, 3.8) is 0 Å². The maximum atomic E-state index is 13.8. The van der Waals surface area contributed by atoms with E-state index in [1.165, 1.54) is 4.90 Å². The molecule has 0 radical (unpaired) electrons. The molecule has 2 aliphatic rings. The van der Waals surface area contributed by atoms with Gasteiger partial charge in [0.05, 0.1) is 5.69 Å². The topological polar surface area (TPSA) is 100 Å². The first-order chi connectivity index (χ1) is 20.9. The van der Waals surface area contributed by atoms with E-state index in [1.54, 1.807) is 24.3 Å². The number of carbonyl (C=O) groups is 2. The van der Waals surface area contributed by atoms with Gasteiger partial charge >= 0.3 is 12.0 Å². The van der Waals surface area contributed by atoms with E-state index in [0.717, 1.165) is 11.1 Å². The van der Waals surface area contributed by atoms with Crippen molar-refractivity contribution in [1.82, 2.24) is 10.2 Å². The van der Waals surface area contributed by atoms with Crippen molar-refractivity contribution in [2.75, 3.05) is 31.6 Å². The zero-order valence-electron chi connectivity index (χ0n) is 25.2. The molecule has 45 heavy (non-hydrogen) atoms. The van der Waals surface area contributed by atoms with Gasteiger partial charge in [-0.05, 0) is 52.6 Å². The number of amides is 2. The largest absolute Gasteiger partial charge is 0.492 e. The number of aliphatic carboxylic acids is 1. The number of anilines is 1. The number of likely N-dealkylation sites (tertiary alicyclic amines) is 1. The Hall–Kier alpha value is -3.96. The Morgan fingerprint density at radius 2 is 1.53 bits per heavy atom. The highest BCUT2D eigenvalue weighted by atomic mass is 35.5. The average molecular weight is 648 g/mol. The van der Waals surface area contributed by atoms with Gasteiger partial charge in [-0.15, -0.1) is 12.4 Å². The number of carboxylic acids is 1. The van der Waals surface area contributed by atoms with Gasteiger partial charge in [-0.2, -0.15) is 0 Å². The molecule has 0 aromatic heterocycles. The number of nitrogens with one attached hydrogen (secondary N) is 2. The first-order valence-electron chi connectivity index (χ1n) is 14.5. The van der Waals surface area contributed by atoms with Gasteiger partial charge in [0.1, 0.15) is 23.9 Å². The molecule has 2 fully saturated rings. The highest BCUT2D eigenvalue weighted by molar-refractivity contribution is 5.89. The van der Waals surface area contributed by atoms with Crippen LogP contribution in [-0.4, -0.2) is 60.4 Å². The fourth-order valence-corrected chi connectivity index (χ4v) is 5.52. The van der Waals surface area contributed by atoms with Crippen LogP contribution in [0.1, 0.15) is 31.9 Å². The van der Waals surface area contributed by atoms with Crippen molar-refractivity contribution in [3.8, 4) is 11.5 Å². The number of halogens is 4. The van der Waals surface area contributed by atoms with E-state index in [9.17, 15) is 27.9 Å². The summed E-state index contributed by atoms with van der Waals surface area (Å²) in [5, 5.41) is 15.4. The normalized spacial score (nSPS) is 19.2. The third-order valence-electron chi connectivity index (χ3n) is 8.10. The van der Waals surface area contributed by atoms with Crippen molar-refractivity contribution < 1.29 is 37.3 Å². The Balaban J connectivity index is 0.00000461. The van der Waals surface area contributed by atoms with E-state index in [-0.39, 0.29) is 42.1 Å². The predicted molar refractivity (Wildman–Crippen MR) is 166 cm³/mol. The second-order valence-corrected chi connectivity index (χ2v) is 12.3. The van der Waals surface area contributed by atoms with Crippen LogP contribution in [0.5, 0.6) is 11.5 Å². The molecular weight excluding hydrogens is 611 g/mol. The molecule has 1 heterocycles. The average Bonchev–Trinajstić information content (AvgIpc) is 3.41. The Kier molecular flexibility index (Phi) is 10.5. The molecule has 3 N–H and O–H groups in total. The summed E-state index contributed by atoms with van der Waals surface area (Å²) in [7, 11) is 0. The molecule has 1 aliphatic carbocycles. The quantitative estimate of drug-likeness (QED) is 0.174. The van der Waals surface area contributed by atoms with Crippen molar-refractivity contribution in [2.24, 2.45) is 11.8 Å². The zero-order chi connectivity index (χ0) is 31.6. The monoisotopic (exact) mass is 647 g/mol. The molecule has 1 unspecified atom stereocenters. The minimum absolute atomic E-state index is 0. The number of rotatable bonds is 11. The Labute approximate surface area is 266 Å². The Morgan fingerprint density at radius 3 is 2.13 bits per heavy atom. The molecule has 3 aromatic rings. The Morgan fingerprint density at radius 1 is 0.933 bits per heavy atom.